The Labute approximate surface area is 153 Å². The SMILES string of the molecule is COC(=O)CC(C)(N[S+]([O-])C(C)(C)C)c1ccc(F)c([N+](=O)[O-])c1Cl. The highest BCUT2D eigenvalue weighted by Crippen LogP contribution is 2.39. The third kappa shape index (κ3) is 5.04. The lowest BCUT2D eigenvalue weighted by atomic mass is 9.89. The van der Waals surface area contributed by atoms with E-state index in [1.54, 1.807) is 20.8 Å². The molecule has 2 atom stereocenters. The van der Waals surface area contributed by atoms with E-state index in [1.807, 2.05) is 0 Å². The Kier molecular flexibility index (Phi) is 6.80. The topological polar surface area (TPSA) is 105 Å². The van der Waals surface area contributed by atoms with Crippen LogP contribution in [-0.4, -0.2) is 27.3 Å². The number of carbonyl (C=O) groups excluding carboxylic acids is 1. The van der Waals surface area contributed by atoms with E-state index in [2.05, 4.69) is 9.46 Å². The van der Waals surface area contributed by atoms with E-state index in [-0.39, 0.29) is 12.0 Å². The summed E-state index contributed by atoms with van der Waals surface area (Å²) in [5.41, 5.74) is -2.20. The van der Waals surface area contributed by atoms with Crippen LogP contribution in [-0.2, 0) is 26.4 Å². The first-order valence-corrected chi connectivity index (χ1v) is 8.75. The Balaban J connectivity index is 3.50. The number of nitro groups is 1. The number of hydrogen-bond donors (Lipinski definition) is 1. The monoisotopic (exact) mass is 394 g/mol. The minimum absolute atomic E-state index is 0.0743. The van der Waals surface area contributed by atoms with E-state index in [1.165, 1.54) is 20.1 Å². The van der Waals surface area contributed by atoms with Crippen molar-refractivity contribution in [2.24, 2.45) is 0 Å². The summed E-state index contributed by atoms with van der Waals surface area (Å²) in [6.45, 7) is 6.63. The molecule has 0 heterocycles. The van der Waals surface area contributed by atoms with Gasteiger partial charge < -0.3 is 9.29 Å². The molecule has 0 aromatic heterocycles. The fraction of sp³-hybridized carbons (Fsp3) is 0.533. The number of halogens is 2. The van der Waals surface area contributed by atoms with E-state index < -0.39 is 49.1 Å². The van der Waals surface area contributed by atoms with Crippen molar-refractivity contribution >= 4 is 34.6 Å². The van der Waals surface area contributed by atoms with Crippen LogP contribution in [0, 0.1) is 15.9 Å². The number of nitrogens with zero attached hydrogens (tertiary/aromatic N) is 1. The number of benzene rings is 1. The maximum absolute atomic E-state index is 13.8. The van der Waals surface area contributed by atoms with Gasteiger partial charge in [-0.1, -0.05) is 17.7 Å². The second-order valence-corrected chi connectivity index (χ2v) is 8.93. The van der Waals surface area contributed by atoms with Crippen molar-refractivity contribution < 1.29 is 23.4 Å². The molecule has 7 nitrogen and oxygen atoms in total. The van der Waals surface area contributed by atoms with E-state index in [9.17, 15) is 23.9 Å². The third-order valence-corrected chi connectivity index (χ3v) is 5.57. The highest BCUT2D eigenvalue weighted by Gasteiger charge is 2.42. The summed E-state index contributed by atoms with van der Waals surface area (Å²) in [5.74, 6) is -1.75. The molecule has 0 aliphatic rings. The zero-order valence-electron chi connectivity index (χ0n) is 14.5. The zero-order chi connectivity index (χ0) is 19.6. The van der Waals surface area contributed by atoms with E-state index in [0.29, 0.717) is 0 Å². The molecule has 0 saturated heterocycles. The molecule has 0 aliphatic carbocycles. The van der Waals surface area contributed by atoms with Gasteiger partial charge in [0, 0.05) is 16.9 Å². The summed E-state index contributed by atoms with van der Waals surface area (Å²) < 4.78 is 33.0. The number of carbonyl (C=O) groups is 1. The van der Waals surface area contributed by atoms with Crippen molar-refractivity contribution in [3.05, 3.63) is 38.7 Å². The van der Waals surface area contributed by atoms with Crippen molar-refractivity contribution in [3.8, 4) is 0 Å². The molecule has 0 bridgehead atoms. The third-order valence-electron chi connectivity index (χ3n) is 3.44. The van der Waals surface area contributed by atoms with Crippen molar-refractivity contribution in [1.82, 2.24) is 4.72 Å². The van der Waals surface area contributed by atoms with Crippen LogP contribution in [0.4, 0.5) is 10.1 Å². The zero-order valence-corrected chi connectivity index (χ0v) is 16.1. The number of nitro benzene ring substituents is 1. The number of rotatable bonds is 6. The lowest BCUT2D eigenvalue weighted by Gasteiger charge is -2.34. The van der Waals surface area contributed by atoms with Gasteiger partial charge in [-0.15, -0.1) is 4.72 Å². The molecule has 1 N–H and O–H groups in total. The largest absolute Gasteiger partial charge is 0.598 e. The molecule has 1 aromatic carbocycles. The Hall–Kier alpha value is -1.42. The fourth-order valence-electron chi connectivity index (χ4n) is 2.04. The molecular weight excluding hydrogens is 375 g/mol. The van der Waals surface area contributed by atoms with Gasteiger partial charge in [-0.3, -0.25) is 14.9 Å². The first kappa shape index (κ1) is 21.6. The summed E-state index contributed by atoms with van der Waals surface area (Å²) in [6.07, 6.45) is -0.312. The second kappa shape index (κ2) is 7.86. The minimum atomic E-state index is -1.64. The molecule has 0 amide bonds. The van der Waals surface area contributed by atoms with Crippen molar-refractivity contribution in [2.45, 2.75) is 44.4 Å². The van der Waals surface area contributed by atoms with Gasteiger partial charge >= 0.3 is 11.7 Å². The average Bonchev–Trinajstić information content (AvgIpc) is 2.45. The number of nitrogens with one attached hydrogen (secondary N) is 1. The van der Waals surface area contributed by atoms with Gasteiger partial charge in [0.05, 0.1) is 24.0 Å². The van der Waals surface area contributed by atoms with Gasteiger partial charge in [-0.2, -0.15) is 4.39 Å². The molecule has 2 unspecified atom stereocenters. The smallest absolute Gasteiger partial charge is 0.323 e. The van der Waals surface area contributed by atoms with Crippen LogP contribution in [0.1, 0.15) is 39.7 Å². The average molecular weight is 395 g/mol. The van der Waals surface area contributed by atoms with Crippen LogP contribution >= 0.6 is 11.6 Å². The van der Waals surface area contributed by atoms with Crippen LogP contribution in [0.2, 0.25) is 5.02 Å². The molecule has 0 fully saturated rings. The molecule has 0 aliphatic heterocycles. The lowest BCUT2D eigenvalue weighted by Crippen LogP contribution is -2.51. The number of methoxy groups -OCH3 is 1. The van der Waals surface area contributed by atoms with Gasteiger partial charge in [-0.25, -0.2) is 0 Å². The maximum Gasteiger partial charge on any atom is 0.323 e. The molecule has 25 heavy (non-hydrogen) atoms. The predicted molar refractivity (Wildman–Crippen MR) is 93.1 cm³/mol. The fourth-order valence-corrected chi connectivity index (χ4v) is 3.37. The quantitative estimate of drug-likeness (QED) is 0.344. The molecule has 0 spiro atoms. The van der Waals surface area contributed by atoms with E-state index in [4.69, 9.17) is 11.6 Å². The summed E-state index contributed by atoms with van der Waals surface area (Å²) >= 11 is 4.41. The number of esters is 1. The molecule has 140 valence electrons. The summed E-state index contributed by atoms with van der Waals surface area (Å²) in [6, 6.07) is 2.11. The molecule has 1 aromatic rings. The highest BCUT2D eigenvalue weighted by molar-refractivity contribution is 7.90. The lowest BCUT2D eigenvalue weighted by molar-refractivity contribution is -0.387. The van der Waals surface area contributed by atoms with Crippen molar-refractivity contribution in [3.63, 3.8) is 0 Å². The summed E-state index contributed by atoms with van der Waals surface area (Å²) in [4.78, 5) is 22.0. The van der Waals surface area contributed by atoms with Crippen LogP contribution < -0.4 is 4.72 Å². The maximum atomic E-state index is 13.8. The van der Waals surface area contributed by atoms with Crippen molar-refractivity contribution in [2.75, 3.05) is 7.11 Å². The van der Waals surface area contributed by atoms with Gasteiger partial charge in [0.2, 0.25) is 5.82 Å². The molecule has 1 rings (SSSR count). The molecule has 0 saturated carbocycles. The predicted octanol–water partition coefficient (Wildman–Crippen LogP) is 3.22. The number of ether oxygens (including phenoxy) is 1. The van der Waals surface area contributed by atoms with Crippen LogP contribution in [0.25, 0.3) is 0 Å². The highest BCUT2D eigenvalue weighted by atomic mass is 35.5. The van der Waals surface area contributed by atoms with Gasteiger partial charge in [-0.05, 0) is 33.8 Å². The van der Waals surface area contributed by atoms with Gasteiger partial charge in [0.25, 0.3) is 0 Å². The molecular formula is C15H20ClFN2O5S. The first-order chi connectivity index (χ1) is 11.3. The van der Waals surface area contributed by atoms with Crippen LogP contribution in [0.3, 0.4) is 0 Å². The van der Waals surface area contributed by atoms with Gasteiger partial charge in [0.1, 0.15) is 9.77 Å². The molecule has 10 heteroatoms. The van der Waals surface area contributed by atoms with Crippen LogP contribution in [0.5, 0.6) is 0 Å². The molecule has 0 radical (unpaired) electrons. The Morgan fingerprint density at radius 3 is 2.40 bits per heavy atom. The van der Waals surface area contributed by atoms with E-state index >= 15 is 0 Å². The Morgan fingerprint density at radius 2 is 1.96 bits per heavy atom. The Bertz CT molecular complexity index is 683. The van der Waals surface area contributed by atoms with Crippen molar-refractivity contribution in [1.29, 1.82) is 0 Å². The minimum Gasteiger partial charge on any atom is -0.598 e. The van der Waals surface area contributed by atoms with E-state index in [0.717, 1.165) is 6.07 Å². The second-order valence-electron chi connectivity index (χ2n) is 6.58. The first-order valence-electron chi connectivity index (χ1n) is 7.23. The van der Waals surface area contributed by atoms with Gasteiger partial charge in [0.15, 0.2) is 0 Å². The standard InChI is InChI=1S/C15H20ClFN2O5S/c1-14(2,3)25(23)18-15(4,8-11(20)24-5)9-6-7-10(17)13(12(9)16)19(21)22/h6-7,18H,8H2,1-5H3. The Morgan fingerprint density at radius 1 is 1.40 bits per heavy atom. The van der Waals surface area contributed by atoms with Crippen LogP contribution in [0.15, 0.2) is 12.1 Å². The summed E-state index contributed by atoms with van der Waals surface area (Å²) in [7, 11) is 1.18. The summed E-state index contributed by atoms with van der Waals surface area (Å²) in [5, 5.41) is 10.6. The number of hydrogen-bond acceptors (Lipinski definition) is 6. The normalized spacial score (nSPS) is 15.4.